The zero-order chi connectivity index (χ0) is 15.7. The van der Waals surface area contributed by atoms with Crippen LogP contribution in [-0.2, 0) is 0 Å². The van der Waals surface area contributed by atoms with Gasteiger partial charge in [-0.15, -0.1) is 0 Å². The Hall–Kier alpha value is -1.32. The largest absolute Gasteiger partial charge is 0.370 e. The highest BCUT2D eigenvalue weighted by molar-refractivity contribution is 5.57. The van der Waals surface area contributed by atoms with Crippen LogP contribution in [-0.4, -0.2) is 22.6 Å². The molecule has 4 nitrogen and oxygen atoms in total. The second-order valence-corrected chi connectivity index (χ2v) is 5.91. The molecular weight excluding hydrogens is 260 g/mol. The van der Waals surface area contributed by atoms with Crippen molar-refractivity contribution in [2.24, 2.45) is 0 Å². The predicted molar refractivity (Wildman–Crippen MR) is 92.1 cm³/mol. The third-order valence-corrected chi connectivity index (χ3v) is 3.67. The Morgan fingerprint density at radius 1 is 0.952 bits per heavy atom. The van der Waals surface area contributed by atoms with Gasteiger partial charge in [-0.25, -0.2) is 9.97 Å². The SMILES string of the molecule is CCCCCCC(C)Nc1nc(C)nc(NCCC)c1C. The summed E-state index contributed by atoms with van der Waals surface area (Å²) < 4.78 is 0. The molecule has 21 heavy (non-hydrogen) atoms. The standard InChI is InChI=1S/C17H32N4/c1-6-8-9-10-11-13(3)19-17-14(4)16(18-12-7-2)20-15(5)21-17/h13H,6-12H2,1-5H3,(H2,18,19,20,21). The first-order valence-corrected chi connectivity index (χ1v) is 8.44. The van der Waals surface area contributed by atoms with Crippen molar-refractivity contribution < 1.29 is 0 Å². The molecule has 0 saturated carbocycles. The number of aryl methyl sites for hydroxylation is 1. The van der Waals surface area contributed by atoms with Crippen LogP contribution >= 0.6 is 0 Å². The summed E-state index contributed by atoms with van der Waals surface area (Å²) in [5, 5.41) is 6.94. The highest BCUT2D eigenvalue weighted by Gasteiger charge is 2.11. The maximum atomic E-state index is 4.56. The minimum Gasteiger partial charge on any atom is -0.370 e. The zero-order valence-electron chi connectivity index (χ0n) is 14.4. The number of unbranched alkanes of at least 4 members (excludes halogenated alkanes) is 3. The Labute approximate surface area is 130 Å². The van der Waals surface area contributed by atoms with Gasteiger partial charge in [-0.1, -0.05) is 39.5 Å². The highest BCUT2D eigenvalue weighted by atomic mass is 15.1. The lowest BCUT2D eigenvalue weighted by Gasteiger charge is -2.18. The molecule has 0 spiro atoms. The summed E-state index contributed by atoms with van der Waals surface area (Å²) in [4.78, 5) is 9.07. The van der Waals surface area contributed by atoms with Gasteiger partial charge in [0.1, 0.15) is 17.5 Å². The van der Waals surface area contributed by atoms with Gasteiger partial charge in [-0.2, -0.15) is 0 Å². The summed E-state index contributed by atoms with van der Waals surface area (Å²) >= 11 is 0. The summed E-state index contributed by atoms with van der Waals surface area (Å²) in [6.07, 6.45) is 7.53. The van der Waals surface area contributed by atoms with E-state index in [2.05, 4.69) is 48.3 Å². The molecule has 1 aromatic rings. The minimum atomic E-state index is 0.453. The molecule has 4 heteroatoms. The first-order valence-electron chi connectivity index (χ1n) is 8.44. The van der Waals surface area contributed by atoms with Crippen molar-refractivity contribution >= 4 is 11.6 Å². The second kappa shape index (κ2) is 9.59. The first kappa shape index (κ1) is 17.7. The quantitative estimate of drug-likeness (QED) is 0.614. The van der Waals surface area contributed by atoms with E-state index in [1.54, 1.807) is 0 Å². The molecule has 0 saturated heterocycles. The summed E-state index contributed by atoms with van der Waals surface area (Å²) in [6, 6.07) is 0.453. The van der Waals surface area contributed by atoms with Crippen LogP contribution in [0.25, 0.3) is 0 Å². The third-order valence-electron chi connectivity index (χ3n) is 3.67. The van der Waals surface area contributed by atoms with E-state index in [1.807, 2.05) is 6.92 Å². The Morgan fingerprint density at radius 3 is 2.33 bits per heavy atom. The molecule has 0 aromatic carbocycles. The molecule has 120 valence electrons. The van der Waals surface area contributed by atoms with Crippen molar-refractivity contribution in [3.8, 4) is 0 Å². The Balaban J connectivity index is 2.62. The fourth-order valence-electron chi connectivity index (χ4n) is 2.37. The van der Waals surface area contributed by atoms with Gasteiger partial charge in [0.15, 0.2) is 0 Å². The average molecular weight is 292 g/mol. The topological polar surface area (TPSA) is 49.8 Å². The van der Waals surface area contributed by atoms with Crippen molar-refractivity contribution in [3.05, 3.63) is 11.4 Å². The summed E-state index contributed by atoms with van der Waals surface area (Å²) in [5.41, 5.74) is 1.12. The van der Waals surface area contributed by atoms with E-state index in [1.165, 1.54) is 32.1 Å². The molecular formula is C17H32N4. The molecule has 1 heterocycles. The Morgan fingerprint density at radius 2 is 1.67 bits per heavy atom. The van der Waals surface area contributed by atoms with Crippen molar-refractivity contribution in [2.75, 3.05) is 17.2 Å². The number of hydrogen-bond donors (Lipinski definition) is 2. The fraction of sp³-hybridized carbons (Fsp3) is 0.765. The smallest absolute Gasteiger partial charge is 0.134 e. The lowest BCUT2D eigenvalue weighted by Crippen LogP contribution is -2.18. The summed E-state index contributed by atoms with van der Waals surface area (Å²) in [6.45, 7) is 11.6. The van der Waals surface area contributed by atoms with Gasteiger partial charge in [0.25, 0.3) is 0 Å². The van der Waals surface area contributed by atoms with Crippen LogP contribution in [0.4, 0.5) is 11.6 Å². The van der Waals surface area contributed by atoms with E-state index in [-0.39, 0.29) is 0 Å². The van der Waals surface area contributed by atoms with E-state index in [4.69, 9.17) is 0 Å². The molecule has 1 aromatic heterocycles. The maximum absolute atomic E-state index is 4.56. The molecule has 0 aliphatic carbocycles. The Bertz CT molecular complexity index is 417. The van der Waals surface area contributed by atoms with Gasteiger partial charge >= 0.3 is 0 Å². The average Bonchev–Trinajstić information content (AvgIpc) is 2.45. The lowest BCUT2D eigenvalue weighted by atomic mass is 10.1. The molecule has 0 amide bonds. The van der Waals surface area contributed by atoms with Crippen LogP contribution in [0.5, 0.6) is 0 Å². The highest BCUT2D eigenvalue weighted by Crippen LogP contribution is 2.21. The number of aromatic nitrogens is 2. The van der Waals surface area contributed by atoms with Gasteiger partial charge in [-0.05, 0) is 33.6 Å². The molecule has 0 bridgehead atoms. The molecule has 0 aliphatic rings. The van der Waals surface area contributed by atoms with E-state index in [0.29, 0.717) is 6.04 Å². The van der Waals surface area contributed by atoms with Crippen molar-refractivity contribution in [1.29, 1.82) is 0 Å². The van der Waals surface area contributed by atoms with E-state index in [0.717, 1.165) is 36.0 Å². The van der Waals surface area contributed by atoms with Crippen molar-refractivity contribution in [1.82, 2.24) is 9.97 Å². The van der Waals surface area contributed by atoms with Crippen molar-refractivity contribution in [3.63, 3.8) is 0 Å². The lowest BCUT2D eigenvalue weighted by molar-refractivity contribution is 0.592. The number of hydrogen-bond acceptors (Lipinski definition) is 4. The van der Waals surface area contributed by atoms with Gasteiger partial charge in [0, 0.05) is 18.2 Å². The summed E-state index contributed by atoms with van der Waals surface area (Å²) in [7, 11) is 0. The van der Waals surface area contributed by atoms with Crippen molar-refractivity contribution in [2.45, 2.75) is 79.2 Å². The Kier molecular flexibility index (Phi) is 8.09. The molecule has 2 N–H and O–H groups in total. The van der Waals surface area contributed by atoms with Gasteiger partial charge < -0.3 is 10.6 Å². The monoisotopic (exact) mass is 292 g/mol. The molecule has 1 unspecified atom stereocenters. The number of anilines is 2. The summed E-state index contributed by atoms with van der Waals surface area (Å²) in [5.74, 6) is 2.76. The fourth-order valence-corrected chi connectivity index (χ4v) is 2.37. The first-order chi connectivity index (χ1) is 10.1. The van der Waals surface area contributed by atoms with Crippen LogP contribution in [0, 0.1) is 13.8 Å². The minimum absolute atomic E-state index is 0.453. The van der Waals surface area contributed by atoms with Gasteiger partial charge in [0.2, 0.25) is 0 Å². The van der Waals surface area contributed by atoms with Crippen LogP contribution in [0.15, 0.2) is 0 Å². The van der Waals surface area contributed by atoms with Crippen LogP contribution in [0.3, 0.4) is 0 Å². The molecule has 0 fully saturated rings. The molecule has 1 atom stereocenters. The second-order valence-electron chi connectivity index (χ2n) is 5.91. The molecule has 0 aliphatic heterocycles. The van der Waals surface area contributed by atoms with Crippen LogP contribution < -0.4 is 10.6 Å². The third kappa shape index (κ3) is 6.32. The normalized spacial score (nSPS) is 12.2. The zero-order valence-corrected chi connectivity index (χ0v) is 14.4. The van der Waals surface area contributed by atoms with Crippen LogP contribution in [0.2, 0.25) is 0 Å². The molecule has 0 radical (unpaired) electrons. The number of nitrogens with one attached hydrogen (secondary N) is 2. The van der Waals surface area contributed by atoms with E-state index < -0.39 is 0 Å². The van der Waals surface area contributed by atoms with Crippen LogP contribution in [0.1, 0.15) is 70.7 Å². The maximum Gasteiger partial charge on any atom is 0.134 e. The van der Waals surface area contributed by atoms with Gasteiger partial charge in [0.05, 0.1) is 0 Å². The molecule has 1 rings (SSSR count). The predicted octanol–water partition coefficient (Wildman–Crippen LogP) is 4.69. The number of nitrogens with zero attached hydrogens (tertiary/aromatic N) is 2. The van der Waals surface area contributed by atoms with E-state index in [9.17, 15) is 0 Å². The van der Waals surface area contributed by atoms with E-state index >= 15 is 0 Å². The van der Waals surface area contributed by atoms with Gasteiger partial charge in [-0.3, -0.25) is 0 Å². The number of rotatable bonds is 10.